The number of carbonyl (C=O) groups excluding carboxylic acids is 4. The summed E-state index contributed by atoms with van der Waals surface area (Å²) in [7, 11) is 5.49. The van der Waals surface area contributed by atoms with Crippen LogP contribution in [0, 0.1) is 0 Å². The minimum Gasteiger partial charge on any atom is -0.496 e. The molecule has 0 saturated heterocycles. The topological polar surface area (TPSA) is 179 Å². The molecule has 0 aliphatic heterocycles. The van der Waals surface area contributed by atoms with Crippen LogP contribution in [0.25, 0.3) is 0 Å². The van der Waals surface area contributed by atoms with E-state index in [9.17, 15) is 19.2 Å². The van der Waals surface area contributed by atoms with E-state index in [0.29, 0.717) is 12.8 Å². The van der Waals surface area contributed by atoms with Crippen molar-refractivity contribution < 1.29 is 77.2 Å². The molecule has 48 heavy (non-hydrogen) atoms. The smallest absolute Gasteiger partial charge is 0.496 e. The standard InChI is InChI=1S/C32H42O16/c1-37-23-17-15-18-24(38-2)27(23)29(33)43-47-45-31(35)41-21-13-11-9-7-5-6-8-10-12-14-22-42-32(36)46-48-44-30(34)28-25(39-3)19-16-20-26(28)40-4/h15-20H,5-14,21-22H2,1-4H3. The zero-order chi connectivity index (χ0) is 35.0. The molecule has 0 N–H and O–H groups in total. The number of methoxy groups -OCH3 is 4. The second kappa shape index (κ2) is 23.4. The SMILES string of the molecule is COc1cccc(OC)c1C(=O)OOOC(=O)OCCCCCCCCCCCCOC(=O)OOOC(=O)c1c(OC)cccc1OC. The highest BCUT2D eigenvalue weighted by molar-refractivity contribution is 5.96. The Labute approximate surface area is 278 Å². The van der Waals surface area contributed by atoms with Crippen LogP contribution in [0.3, 0.4) is 0 Å². The van der Waals surface area contributed by atoms with Crippen molar-refractivity contribution in [1.82, 2.24) is 0 Å². The summed E-state index contributed by atoms with van der Waals surface area (Å²) in [5.41, 5.74) is -0.0696. The molecule has 2 rings (SSSR count). The van der Waals surface area contributed by atoms with E-state index >= 15 is 0 Å². The molecular formula is C32H42O16. The van der Waals surface area contributed by atoms with Gasteiger partial charge >= 0.3 is 24.2 Å². The summed E-state index contributed by atoms with van der Waals surface area (Å²) < 4.78 is 30.2. The van der Waals surface area contributed by atoms with Gasteiger partial charge in [-0.05, 0) is 37.1 Å². The van der Waals surface area contributed by atoms with Gasteiger partial charge in [-0.2, -0.15) is 0 Å². The van der Waals surface area contributed by atoms with Crippen LogP contribution in [-0.4, -0.2) is 65.9 Å². The van der Waals surface area contributed by atoms with E-state index in [1.807, 2.05) is 0 Å². The van der Waals surface area contributed by atoms with E-state index in [-0.39, 0.29) is 47.3 Å². The molecule has 16 heteroatoms. The number of ether oxygens (including phenoxy) is 6. The van der Waals surface area contributed by atoms with Crippen molar-refractivity contribution in [3.8, 4) is 23.0 Å². The van der Waals surface area contributed by atoms with E-state index < -0.39 is 24.2 Å². The van der Waals surface area contributed by atoms with E-state index in [1.165, 1.54) is 52.7 Å². The van der Waals surface area contributed by atoms with Crippen LogP contribution < -0.4 is 18.9 Å². The molecular weight excluding hydrogens is 640 g/mol. The Bertz CT molecular complexity index is 1140. The average molecular weight is 683 g/mol. The van der Waals surface area contributed by atoms with Crippen molar-refractivity contribution in [1.29, 1.82) is 0 Å². The molecule has 0 radical (unpaired) electrons. The maximum atomic E-state index is 12.2. The van der Waals surface area contributed by atoms with Gasteiger partial charge in [0, 0.05) is 0 Å². The van der Waals surface area contributed by atoms with Gasteiger partial charge in [-0.3, -0.25) is 9.78 Å². The molecule has 0 amide bonds. The maximum Gasteiger partial charge on any atom is 0.543 e. The Morgan fingerprint density at radius 2 is 0.729 bits per heavy atom. The fraction of sp³-hybridized carbons (Fsp3) is 0.500. The van der Waals surface area contributed by atoms with Crippen molar-refractivity contribution >= 4 is 24.2 Å². The Balaban J connectivity index is 1.39. The van der Waals surface area contributed by atoms with Crippen molar-refractivity contribution in [2.45, 2.75) is 64.2 Å². The Kier molecular flexibility index (Phi) is 19.1. The lowest BCUT2D eigenvalue weighted by atomic mass is 10.1. The molecule has 0 aromatic heterocycles. The third kappa shape index (κ3) is 14.2. The van der Waals surface area contributed by atoms with Gasteiger partial charge in [-0.15, -0.1) is 0 Å². The fourth-order valence-corrected chi connectivity index (χ4v) is 4.32. The molecule has 2 aromatic rings. The van der Waals surface area contributed by atoms with Crippen molar-refractivity contribution in [3.63, 3.8) is 0 Å². The first-order chi connectivity index (χ1) is 23.4. The third-order valence-corrected chi connectivity index (χ3v) is 6.67. The predicted molar refractivity (Wildman–Crippen MR) is 163 cm³/mol. The largest absolute Gasteiger partial charge is 0.543 e. The summed E-state index contributed by atoms with van der Waals surface area (Å²) >= 11 is 0. The lowest BCUT2D eigenvalue weighted by Crippen LogP contribution is -2.14. The second-order valence-electron chi connectivity index (χ2n) is 9.85. The van der Waals surface area contributed by atoms with Gasteiger partial charge in [-0.25, -0.2) is 29.0 Å². The molecule has 0 spiro atoms. The fourth-order valence-electron chi connectivity index (χ4n) is 4.32. The lowest BCUT2D eigenvalue weighted by Gasteiger charge is -2.10. The average Bonchev–Trinajstić information content (AvgIpc) is 3.10. The van der Waals surface area contributed by atoms with Crippen LogP contribution >= 0.6 is 0 Å². The van der Waals surface area contributed by atoms with Crippen molar-refractivity contribution in [3.05, 3.63) is 47.5 Å². The summed E-state index contributed by atoms with van der Waals surface area (Å²) in [5.74, 6) is -1.19. The van der Waals surface area contributed by atoms with Crippen LogP contribution in [0.5, 0.6) is 23.0 Å². The molecule has 0 unspecified atom stereocenters. The highest BCUT2D eigenvalue weighted by atomic mass is 17.5. The minimum absolute atomic E-state index is 0.0348. The monoisotopic (exact) mass is 682 g/mol. The molecule has 16 nitrogen and oxygen atoms in total. The summed E-state index contributed by atoms with van der Waals surface area (Å²) in [6.45, 7) is 0.253. The first-order valence-corrected chi connectivity index (χ1v) is 15.2. The molecule has 0 saturated carbocycles. The summed E-state index contributed by atoms with van der Waals surface area (Å²) in [6.07, 6.45) is 6.90. The van der Waals surface area contributed by atoms with E-state index in [0.717, 1.165) is 51.4 Å². The molecule has 266 valence electrons. The molecule has 0 fully saturated rings. The molecule has 0 aliphatic rings. The normalized spacial score (nSPS) is 10.3. The predicted octanol–water partition coefficient (Wildman–Crippen LogP) is 6.64. The Morgan fingerprint density at radius 1 is 0.438 bits per heavy atom. The number of hydrogen-bond acceptors (Lipinski definition) is 16. The lowest BCUT2D eigenvalue weighted by molar-refractivity contribution is -0.452. The molecule has 0 atom stereocenters. The van der Waals surface area contributed by atoms with Gasteiger partial charge in [-0.1, -0.05) is 63.5 Å². The minimum atomic E-state index is -1.14. The third-order valence-electron chi connectivity index (χ3n) is 6.67. The first kappa shape index (κ1) is 39.2. The van der Waals surface area contributed by atoms with E-state index in [4.69, 9.17) is 28.4 Å². The van der Waals surface area contributed by atoms with Gasteiger partial charge < -0.3 is 28.4 Å². The molecule has 0 bridgehead atoms. The van der Waals surface area contributed by atoms with Gasteiger partial charge in [0.2, 0.25) is 0 Å². The van der Waals surface area contributed by atoms with Gasteiger partial charge in [0.1, 0.15) is 34.1 Å². The summed E-state index contributed by atoms with van der Waals surface area (Å²) in [5, 5.41) is 8.48. The quantitative estimate of drug-likeness (QED) is 0.0526. The number of unbranched alkanes of at least 4 members (excludes halogenated alkanes) is 9. The Morgan fingerprint density at radius 3 is 1.02 bits per heavy atom. The highest BCUT2D eigenvalue weighted by Gasteiger charge is 2.23. The van der Waals surface area contributed by atoms with Crippen LogP contribution in [0.15, 0.2) is 36.4 Å². The summed E-state index contributed by atoms with van der Waals surface area (Å²) in [6, 6.07) is 9.38. The molecule has 0 heterocycles. The highest BCUT2D eigenvalue weighted by Crippen LogP contribution is 2.30. The van der Waals surface area contributed by atoms with Crippen LogP contribution in [0.1, 0.15) is 84.9 Å². The van der Waals surface area contributed by atoms with Gasteiger partial charge in [0.25, 0.3) is 0 Å². The Hall–Kier alpha value is -4.96. The van der Waals surface area contributed by atoms with Crippen LogP contribution in [-0.2, 0) is 39.1 Å². The number of carbonyl (C=O) groups is 4. The zero-order valence-corrected chi connectivity index (χ0v) is 27.5. The first-order valence-electron chi connectivity index (χ1n) is 15.2. The molecule has 2 aromatic carbocycles. The summed E-state index contributed by atoms with van der Waals surface area (Å²) in [4.78, 5) is 65.2. The number of rotatable bonds is 23. The van der Waals surface area contributed by atoms with Crippen molar-refractivity contribution in [2.75, 3.05) is 41.7 Å². The zero-order valence-electron chi connectivity index (χ0n) is 27.5. The van der Waals surface area contributed by atoms with Gasteiger partial charge in [0.15, 0.2) is 0 Å². The number of benzene rings is 2. The maximum absolute atomic E-state index is 12.2. The number of hydrogen-bond donors (Lipinski definition) is 0. The molecule has 0 aliphatic carbocycles. The van der Waals surface area contributed by atoms with E-state index in [2.05, 4.69) is 29.6 Å². The van der Waals surface area contributed by atoms with Gasteiger partial charge in [0.05, 0.1) is 51.7 Å². The van der Waals surface area contributed by atoms with Crippen molar-refractivity contribution in [2.24, 2.45) is 0 Å². The van der Waals surface area contributed by atoms with Crippen LogP contribution in [0.4, 0.5) is 9.59 Å². The van der Waals surface area contributed by atoms with E-state index in [1.54, 1.807) is 12.1 Å². The van der Waals surface area contributed by atoms with Crippen LogP contribution in [0.2, 0.25) is 0 Å². The second-order valence-corrected chi connectivity index (χ2v) is 9.85.